The van der Waals surface area contributed by atoms with Gasteiger partial charge in [-0.05, 0) is 18.2 Å². The van der Waals surface area contributed by atoms with Crippen LogP contribution in [0.15, 0.2) is 48.7 Å². The van der Waals surface area contributed by atoms with Crippen LogP contribution in [0.1, 0.15) is 10.5 Å². The zero-order chi connectivity index (χ0) is 20.0. The molecule has 6 nitrogen and oxygen atoms in total. The van der Waals surface area contributed by atoms with Crippen molar-refractivity contribution in [2.75, 3.05) is 32.7 Å². The van der Waals surface area contributed by atoms with Gasteiger partial charge in [0.25, 0.3) is 5.91 Å². The van der Waals surface area contributed by atoms with Crippen LogP contribution in [0, 0.1) is 0 Å². The minimum atomic E-state index is -4.43. The fraction of sp³-hybridized carbons (Fsp3) is 0.368. The van der Waals surface area contributed by atoms with Crippen molar-refractivity contribution in [1.82, 2.24) is 20.5 Å². The average Bonchev–Trinajstić information content (AvgIpc) is 2.69. The van der Waals surface area contributed by atoms with Gasteiger partial charge < -0.3 is 15.4 Å². The molecule has 1 aliphatic heterocycles. The van der Waals surface area contributed by atoms with E-state index in [1.54, 1.807) is 30.3 Å². The number of pyridine rings is 1. The normalized spacial score (nSPS) is 15.3. The average molecular weight is 467 g/mol. The largest absolute Gasteiger partial charge is 0.457 e. The van der Waals surface area contributed by atoms with Crippen LogP contribution in [-0.2, 0) is 0 Å². The van der Waals surface area contributed by atoms with Crippen molar-refractivity contribution in [1.29, 1.82) is 0 Å². The Bertz CT molecular complexity index is 791. The number of aromatic nitrogens is 1. The summed E-state index contributed by atoms with van der Waals surface area (Å²) in [6.45, 7) is 0.993. The van der Waals surface area contributed by atoms with Gasteiger partial charge in [-0.3, -0.25) is 14.7 Å². The Morgan fingerprint density at radius 2 is 1.80 bits per heavy atom. The van der Waals surface area contributed by atoms with Crippen molar-refractivity contribution in [2.24, 2.45) is 0 Å². The van der Waals surface area contributed by atoms with Gasteiger partial charge in [0.05, 0.1) is 0 Å². The molecule has 1 amide bonds. The van der Waals surface area contributed by atoms with Crippen LogP contribution in [0.4, 0.5) is 13.2 Å². The Balaban J connectivity index is 0.00000225. The Morgan fingerprint density at radius 3 is 2.43 bits per heavy atom. The Labute approximate surface area is 185 Å². The van der Waals surface area contributed by atoms with Gasteiger partial charge in [0, 0.05) is 45.0 Å². The summed E-state index contributed by atoms with van der Waals surface area (Å²) in [5, 5.41) is 5.37. The molecule has 1 aromatic carbocycles. The summed E-state index contributed by atoms with van der Waals surface area (Å²) in [7, 11) is 0. The van der Waals surface area contributed by atoms with Crippen LogP contribution < -0.4 is 15.4 Å². The predicted octanol–water partition coefficient (Wildman–Crippen LogP) is 3.28. The molecule has 1 fully saturated rings. The third kappa shape index (κ3) is 7.32. The third-order valence-corrected chi connectivity index (χ3v) is 4.37. The number of nitrogens with zero attached hydrogens (tertiary/aromatic N) is 2. The fourth-order valence-corrected chi connectivity index (χ4v) is 2.95. The molecule has 3 rings (SSSR count). The highest BCUT2D eigenvalue weighted by Gasteiger charge is 2.43. The standard InChI is InChI=1S/C19H21F3N4O2.2ClH/c20-19(21,22)17(26-10-8-23-9-11-26)13-25-18(27)16-12-15(6-7-24-16)28-14-4-2-1-3-5-14;;/h1-7,12,17,23H,8-11,13H2,(H,25,27);2*1H. The van der Waals surface area contributed by atoms with Crippen LogP contribution in [0.2, 0.25) is 0 Å². The van der Waals surface area contributed by atoms with Gasteiger partial charge in [0.2, 0.25) is 0 Å². The van der Waals surface area contributed by atoms with E-state index in [0.29, 0.717) is 24.6 Å². The first-order chi connectivity index (χ1) is 13.4. The molecule has 0 spiro atoms. The summed E-state index contributed by atoms with van der Waals surface area (Å²) < 4.78 is 45.9. The van der Waals surface area contributed by atoms with E-state index in [1.165, 1.54) is 17.2 Å². The molecule has 1 aromatic heterocycles. The molecule has 0 aliphatic carbocycles. The Hall–Kier alpha value is -2.07. The maximum absolute atomic E-state index is 13.4. The van der Waals surface area contributed by atoms with E-state index in [1.807, 2.05) is 6.07 Å². The Kier molecular flexibility index (Phi) is 10.3. The number of carbonyl (C=O) groups excluding carboxylic acids is 1. The van der Waals surface area contributed by atoms with E-state index in [-0.39, 0.29) is 43.6 Å². The quantitative estimate of drug-likeness (QED) is 0.683. The highest BCUT2D eigenvalue weighted by molar-refractivity contribution is 5.92. The number of benzene rings is 1. The number of amides is 1. The van der Waals surface area contributed by atoms with Gasteiger partial charge in [0.1, 0.15) is 23.2 Å². The highest BCUT2D eigenvalue weighted by Crippen LogP contribution is 2.25. The topological polar surface area (TPSA) is 66.5 Å². The number of halogens is 5. The van der Waals surface area contributed by atoms with Gasteiger partial charge in [-0.25, -0.2) is 0 Å². The number of rotatable bonds is 6. The molecule has 1 aliphatic rings. The number of para-hydroxylation sites is 1. The molecular formula is C19H23Cl2F3N4O2. The summed E-state index contributed by atoms with van der Waals surface area (Å²) in [5.41, 5.74) is -0.00494. The summed E-state index contributed by atoms with van der Waals surface area (Å²) in [6.07, 6.45) is -3.05. The Morgan fingerprint density at radius 1 is 1.13 bits per heavy atom. The molecule has 0 radical (unpaired) electrons. The molecule has 2 N–H and O–H groups in total. The first-order valence-electron chi connectivity index (χ1n) is 8.92. The van der Waals surface area contributed by atoms with E-state index in [0.717, 1.165) is 0 Å². The minimum Gasteiger partial charge on any atom is -0.457 e. The van der Waals surface area contributed by atoms with Crippen LogP contribution in [0.3, 0.4) is 0 Å². The summed E-state index contributed by atoms with van der Waals surface area (Å²) in [5.74, 6) is 0.277. The molecule has 2 heterocycles. The zero-order valence-electron chi connectivity index (χ0n) is 15.9. The zero-order valence-corrected chi connectivity index (χ0v) is 17.5. The monoisotopic (exact) mass is 466 g/mol. The molecule has 0 saturated carbocycles. The van der Waals surface area contributed by atoms with Crippen molar-refractivity contribution in [2.45, 2.75) is 12.2 Å². The second-order valence-corrected chi connectivity index (χ2v) is 6.35. The van der Waals surface area contributed by atoms with E-state index in [2.05, 4.69) is 15.6 Å². The maximum atomic E-state index is 13.4. The number of ether oxygens (including phenoxy) is 1. The van der Waals surface area contributed by atoms with Crippen molar-refractivity contribution >= 4 is 30.7 Å². The number of alkyl halides is 3. The number of piperazine rings is 1. The fourth-order valence-electron chi connectivity index (χ4n) is 2.95. The van der Waals surface area contributed by atoms with Crippen molar-refractivity contribution in [3.05, 3.63) is 54.4 Å². The smallest absolute Gasteiger partial charge is 0.405 e. The van der Waals surface area contributed by atoms with E-state index in [4.69, 9.17) is 4.74 Å². The molecule has 0 bridgehead atoms. The summed E-state index contributed by atoms with van der Waals surface area (Å²) in [6, 6.07) is 10.2. The molecule has 1 unspecified atom stereocenters. The molecule has 1 saturated heterocycles. The van der Waals surface area contributed by atoms with E-state index in [9.17, 15) is 18.0 Å². The number of hydrogen-bond acceptors (Lipinski definition) is 5. The van der Waals surface area contributed by atoms with Gasteiger partial charge in [-0.2, -0.15) is 13.2 Å². The van der Waals surface area contributed by atoms with Gasteiger partial charge in [-0.15, -0.1) is 24.8 Å². The lowest BCUT2D eigenvalue weighted by molar-refractivity contribution is -0.183. The van der Waals surface area contributed by atoms with Crippen molar-refractivity contribution in [3.63, 3.8) is 0 Å². The second-order valence-electron chi connectivity index (χ2n) is 6.35. The predicted molar refractivity (Wildman–Crippen MR) is 112 cm³/mol. The lowest BCUT2D eigenvalue weighted by atomic mass is 10.2. The maximum Gasteiger partial charge on any atom is 0.405 e. The van der Waals surface area contributed by atoms with Crippen LogP contribution in [0.25, 0.3) is 0 Å². The first-order valence-corrected chi connectivity index (χ1v) is 8.92. The van der Waals surface area contributed by atoms with Crippen LogP contribution in [-0.4, -0.2) is 60.7 Å². The van der Waals surface area contributed by atoms with E-state index < -0.39 is 24.7 Å². The van der Waals surface area contributed by atoms with Crippen molar-refractivity contribution in [3.8, 4) is 11.5 Å². The van der Waals surface area contributed by atoms with E-state index >= 15 is 0 Å². The van der Waals surface area contributed by atoms with Crippen LogP contribution in [0.5, 0.6) is 11.5 Å². The van der Waals surface area contributed by atoms with Gasteiger partial charge in [0.15, 0.2) is 0 Å². The van der Waals surface area contributed by atoms with Gasteiger partial charge in [-0.1, -0.05) is 18.2 Å². The molecule has 30 heavy (non-hydrogen) atoms. The summed E-state index contributed by atoms with van der Waals surface area (Å²) >= 11 is 0. The number of hydrogen-bond donors (Lipinski definition) is 2. The molecular weight excluding hydrogens is 444 g/mol. The number of nitrogens with one attached hydrogen (secondary N) is 2. The second kappa shape index (κ2) is 11.9. The summed E-state index contributed by atoms with van der Waals surface area (Å²) in [4.78, 5) is 17.6. The SMILES string of the molecule is Cl.Cl.O=C(NCC(N1CCNCC1)C(F)(F)F)c1cc(Oc2ccccc2)ccn1. The first kappa shape index (κ1) is 26.0. The van der Waals surface area contributed by atoms with Gasteiger partial charge >= 0.3 is 6.18 Å². The lowest BCUT2D eigenvalue weighted by Gasteiger charge is -2.35. The minimum absolute atomic E-state index is 0. The molecule has 2 aromatic rings. The molecule has 166 valence electrons. The molecule has 11 heteroatoms. The van der Waals surface area contributed by atoms with Crippen molar-refractivity contribution < 1.29 is 22.7 Å². The lowest BCUT2D eigenvalue weighted by Crippen LogP contribution is -2.57. The molecule has 1 atom stereocenters. The number of carbonyl (C=O) groups is 1. The highest BCUT2D eigenvalue weighted by atomic mass is 35.5. The van der Waals surface area contributed by atoms with Crippen LogP contribution >= 0.6 is 24.8 Å². The third-order valence-electron chi connectivity index (χ3n) is 4.37.